The van der Waals surface area contributed by atoms with Gasteiger partial charge in [-0.05, 0) is 19.8 Å². The molecule has 0 heterocycles. The number of aliphatic imine (C=N–C) groups is 1. The lowest BCUT2D eigenvalue weighted by Gasteiger charge is -2.31. The molecule has 1 fully saturated rings. The van der Waals surface area contributed by atoms with E-state index < -0.39 is 11.7 Å². The summed E-state index contributed by atoms with van der Waals surface area (Å²) in [5.41, 5.74) is -0.656. The molecule has 82 valence electrons. The lowest BCUT2D eigenvalue weighted by Crippen LogP contribution is -2.35. The molecular weight excluding hydrogens is 194 g/mol. The van der Waals surface area contributed by atoms with Gasteiger partial charge in [-0.2, -0.15) is 4.99 Å². The van der Waals surface area contributed by atoms with Crippen molar-refractivity contribution >= 4 is 12.0 Å². The van der Waals surface area contributed by atoms with Crippen molar-refractivity contribution < 1.29 is 14.3 Å². The second-order valence-electron chi connectivity index (χ2n) is 3.88. The standard InChI is InChI=1S/C11H15NO3/c1-9(2)10(14)15-11(12-8-13)6-4-3-5-7-11/h1,3-7H2,2H3. The highest BCUT2D eigenvalue weighted by Gasteiger charge is 2.35. The van der Waals surface area contributed by atoms with E-state index in [-0.39, 0.29) is 0 Å². The summed E-state index contributed by atoms with van der Waals surface area (Å²) in [4.78, 5) is 25.4. The summed E-state index contributed by atoms with van der Waals surface area (Å²) in [6, 6.07) is 0. The van der Waals surface area contributed by atoms with Crippen LogP contribution in [0.2, 0.25) is 0 Å². The molecule has 0 amide bonds. The average molecular weight is 209 g/mol. The minimum absolute atomic E-state index is 0.320. The summed E-state index contributed by atoms with van der Waals surface area (Å²) in [5, 5.41) is 0. The highest BCUT2D eigenvalue weighted by atomic mass is 16.6. The average Bonchev–Trinajstić information content (AvgIpc) is 2.19. The van der Waals surface area contributed by atoms with Gasteiger partial charge in [-0.15, -0.1) is 0 Å². The van der Waals surface area contributed by atoms with E-state index in [1.807, 2.05) is 0 Å². The molecule has 4 nitrogen and oxygen atoms in total. The van der Waals surface area contributed by atoms with Gasteiger partial charge in [0.15, 0.2) is 0 Å². The van der Waals surface area contributed by atoms with Gasteiger partial charge in [0, 0.05) is 18.4 Å². The third-order valence-corrected chi connectivity index (χ3v) is 2.52. The molecular formula is C11H15NO3. The largest absolute Gasteiger partial charge is 0.433 e. The lowest BCUT2D eigenvalue weighted by molar-refractivity contribution is -0.157. The number of ether oxygens (including phenoxy) is 1. The van der Waals surface area contributed by atoms with Crippen molar-refractivity contribution in [3.05, 3.63) is 12.2 Å². The first-order valence-electron chi connectivity index (χ1n) is 5.07. The summed E-state index contributed by atoms with van der Waals surface area (Å²) < 4.78 is 5.21. The van der Waals surface area contributed by atoms with Crippen molar-refractivity contribution in [2.45, 2.75) is 44.8 Å². The number of isocyanates is 1. The number of carbonyl (C=O) groups excluding carboxylic acids is 2. The van der Waals surface area contributed by atoms with Crippen molar-refractivity contribution in [2.24, 2.45) is 4.99 Å². The summed E-state index contributed by atoms with van der Waals surface area (Å²) in [6.45, 7) is 5.07. The molecule has 0 aliphatic heterocycles. The summed E-state index contributed by atoms with van der Waals surface area (Å²) in [6.07, 6.45) is 5.59. The van der Waals surface area contributed by atoms with Gasteiger partial charge in [-0.25, -0.2) is 9.59 Å². The minimum Gasteiger partial charge on any atom is -0.433 e. The third kappa shape index (κ3) is 3.03. The van der Waals surface area contributed by atoms with Crippen LogP contribution in [0.15, 0.2) is 17.1 Å². The molecule has 0 unspecified atom stereocenters. The normalized spacial score (nSPS) is 18.7. The SMILES string of the molecule is C=C(C)C(=O)OC1(N=C=O)CCCCC1. The van der Waals surface area contributed by atoms with E-state index >= 15 is 0 Å². The van der Waals surface area contributed by atoms with Crippen LogP contribution in [0, 0.1) is 0 Å². The van der Waals surface area contributed by atoms with Crippen molar-refractivity contribution in [3.8, 4) is 0 Å². The van der Waals surface area contributed by atoms with Crippen LogP contribution in [-0.4, -0.2) is 17.8 Å². The van der Waals surface area contributed by atoms with Gasteiger partial charge in [-0.1, -0.05) is 13.0 Å². The molecule has 1 aliphatic rings. The molecule has 0 saturated heterocycles. The molecule has 15 heavy (non-hydrogen) atoms. The molecule has 0 aromatic heterocycles. The van der Waals surface area contributed by atoms with E-state index in [2.05, 4.69) is 11.6 Å². The van der Waals surface area contributed by atoms with Crippen molar-refractivity contribution in [2.75, 3.05) is 0 Å². The molecule has 0 aromatic rings. The number of esters is 1. The zero-order chi connectivity index (χ0) is 11.3. The van der Waals surface area contributed by atoms with Gasteiger partial charge in [0.1, 0.15) is 0 Å². The Bertz CT molecular complexity index is 310. The van der Waals surface area contributed by atoms with Gasteiger partial charge >= 0.3 is 5.97 Å². The van der Waals surface area contributed by atoms with E-state index in [4.69, 9.17) is 4.74 Å². The van der Waals surface area contributed by atoms with Crippen LogP contribution in [0.5, 0.6) is 0 Å². The maximum Gasteiger partial charge on any atom is 0.335 e. The van der Waals surface area contributed by atoms with E-state index in [0.717, 1.165) is 19.3 Å². The second kappa shape index (κ2) is 4.89. The predicted octanol–water partition coefficient (Wildman–Crippen LogP) is 2.10. The van der Waals surface area contributed by atoms with Crippen LogP contribution < -0.4 is 0 Å². The first-order valence-corrected chi connectivity index (χ1v) is 5.07. The highest BCUT2D eigenvalue weighted by Crippen LogP contribution is 2.33. The maximum absolute atomic E-state index is 11.4. The Hall–Kier alpha value is -1.41. The van der Waals surface area contributed by atoms with Gasteiger partial charge in [0.2, 0.25) is 11.8 Å². The Labute approximate surface area is 89.0 Å². The van der Waals surface area contributed by atoms with Gasteiger partial charge in [0.05, 0.1) is 0 Å². The Balaban J connectivity index is 2.76. The fourth-order valence-electron chi connectivity index (χ4n) is 1.68. The quantitative estimate of drug-likeness (QED) is 0.309. The Morgan fingerprint density at radius 1 is 1.40 bits per heavy atom. The Kier molecular flexibility index (Phi) is 3.81. The lowest BCUT2D eigenvalue weighted by atomic mass is 9.92. The van der Waals surface area contributed by atoms with E-state index in [1.54, 1.807) is 6.92 Å². The fraction of sp³-hybridized carbons (Fsp3) is 0.636. The van der Waals surface area contributed by atoms with E-state index in [9.17, 15) is 9.59 Å². The first-order chi connectivity index (χ1) is 7.09. The molecule has 0 bridgehead atoms. The molecule has 1 aliphatic carbocycles. The smallest absolute Gasteiger partial charge is 0.335 e. The van der Waals surface area contributed by atoms with Crippen LogP contribution >= 0.6 is 0 Å². The van der Waals surface area contributed by atoms with Crippen molar-refractivity contribution in [3.63, 3.8) is 0 Å². The zero-order valence-electron chi connectivity index (χ0n) is 8.91. The molecule has 4 heteroatoms. The molecule has 0 radical (unpaired) electrons. The first kappa shape index (κ1) is 11.7. The number of carbonyl (C=O) groups is 1. The van der Waals surface area contributed by atoms with Gasteiger partial charge < -0.3 is 4.74 Å². The van der Waals surface area contributed by atoms with Gasteiger partial charge in [0.25, 0.3) is 0 Å². The molecule has 1 rings (SSSR count). The topological polar surface area (TPSA) is 55.7 Å². The number of hydrogen-bond acceptors (Lipinski definition) is 4. The highest BCUT2D eigenvalue weighted by molar-refractivity contribution is 5.87. The predicted molar refractivity (Wildman–Crippen MR) is 54.8 cm³/mol. The van der Waals surface area contributed by atoms with Crippen LogP contribution in [0.3, 0.4) is 0 Å². The summed E-state index contributed by atoms with van der Waals surface area (Å²) >= 11 is 0. The molecule has 1 saturated carbocycles. The molecule has 0 atom stereocenters. The van der Waals surface area contributed by atoms with Crippen molar-refractivity contribution in [1.29, 1.82) is 0 Å². The van der Waals surface area contributed by atoms with Crippen LogP contribution in [0.4, 0.5) is 0 Å². The second-order valence-corrected chi connectivity index (χ2v) is 3.88. The zero-order valence-corrected chi connectivity index (χ0v) is 8.91. The Morgan fingerprint density at radius 2 is 2.00 bits per heavy atom. The van der Waals surface area contributed by atoms with Crippen LogP contribution in [0.25, 0.3) is 0 Å². The molecule has 0 spiro atoms. The minimum atomic E-state index is -0.976. The fourth-order valence-corrected chi connectivity index (χ4v) is 1.68. The summed E-state index contributed by atoms with van der Waals surface area (Å²) in [5.74, 6) is -0.490. The maximum atomic E-state index is 11.4. The Morgan fingerprint density at radius 3 is 2.47 bits per heavy atom. The van der Waals surface area contributed by atoms with Crippen LogP contribution in [-0.2, 0) is 14.3 Å². The number of rotatable bonds is 3. The number of nitrogens with zero attached hydrogens (tertiary/aromatic N) is 1. The van der Waals surface area contributed by atoms with E-state index in [0.29, 0.717) is 18.4 Å². The molecule has 0 aromatic carbocycles. The van der Waals surface area contributed by atoms with Gasteiger partial charge in [-0.3, -0.25) is 0 Å². The van der Waals surface area contributed by atoms with Crippen molar-refractivity contribution in [1.82, 2.24) is 0 Å². The summed E-state index contributed by atoms with van der Waals surface area (Å²) in [7, 11) is 0. The van der Waals surface area contributed by atoms with Crippen LogP contribution in [0.1, 0.15) is 39.0 Å². The molecule has 0 N–H and O–H groups in total. The number of hydrogen-bond donors (Lipinski definition) is 0. The third-order valence-electron chi connectivity index (χ3n) is 2.52. The monoisotopic (exact) mass is 209 g/mol. The van der Waals surface area contributed by atoms with E-state index in [1.165, 1.54) is 6.08 Å².